The van der Waals surface area contributed by atoms with Crippen LogP contribution in [-0.2, 0) is 11.2 Å². The Bertz CT molecular complexity index is 358. The SMILES string of the molecule is O=C1CCC(=S)N1CCc1ccccc1. The summed E-state index contributed by atoms with van der Waals surface area (Å²) in [5.41, 5.74) is 1.25. The fourth-order valence-corrected chi connectivity index (χ4v) is 2.05. The highest BCUT2D eigenvalue weighted by atomic mass is 32.1. The lowest BCUT2D eigenvalue weighted by molar-refractivity contribution is -0.125. The first-order valence-electron chi connectivity index (χ1n) is 5.14. The van der Waals surface area contributed by atoms with E-state index in [2.05, 4.69) is 12.1 Å². The van der Waals surface area contributed by atoms with Crippen LogP contribution in [0.5, 0.6) is 0 Å². The van der Waals surface area contributed by atoms with Crippen molar-refractivity contribution < 1.29 is 4.79 Å². The largest absolute Gasteiger partial charge is 0.306 e. The van der Waals surface area contributed by atoms with E-state index in [0.717, 1.165) is 24.4 Å². The Balaban J connectivity index is 1.93. The minimum Gasteiger partial charge on any atom is -0.306 e. The minimum absolute atomic E-state index is 0.177. The number of likely N-dealkylation sites (tertiary alicyclic amines) is 1. The number of rotatable bonds is 3. The second-order valence-electron chi connectivity index (χ2n) is 3.67. The van der Waals surface area contributed by atoms with E-state index < -0.39 is 0 Å². The normalized spacial score (nSPS) is 16.1. The van der Waals surface area contributed by atoms with Gasteiger partial charge in [0.25, 0.3) is 0 Å². The van der Waals surface area contributed by atoms with Crippen molar-refractivity contribution >= 4 is 23.1 Å². The molecule has 0 aliphatic carbocycles. The maximum atomic E-state index is 11.4. The molecule has 1 aliphatic rings. The van der Waals surface area contributed by atoms with Gasteiger partial charge in [-0.3, -0.25) is 4.79 Å². The summed E-state index contributed by atoms with van der Waals surface area (Å²) in [4.78, 5) is 14.0. The Morgan fingerprint density at radius 1 is 1.20 bits per heavy atom. The number of benzene rings is 1. The molecule has 0 atom stereocenters. The smallest absolute Gasteiger partial charge is 0.227 e. The molecule has 15 heavy (non-hydrogen) atoms. The Morgan fingerprint density at radius 2 is 1.93 bits per heavy atom. The zero-order chi connectivity index (χ0) is 10.7. The average molecular weight is 219 g/mol. The molecular weight excluding hydrogens is 206 g/mol. The van der Waals surface area contributed by atoms with Gasteiger partial charge in [0.1, 0.15) is 0 Å². The molecule has 0 spiro atoms. The number of amides is 1. The third kappa shape index (κ3) is 2.42. The van der Waals surface area contributed by atoms with E-state index in [-0.39, 0.29) is 5.91 Å². The highest BCUT2D eigenvalue weighted by molar-refractivity contribution is 7.80. The Morgan fingerprint density at radius 3 is 2.53 bits per heavy atom. The van der Waals surface area contributed by atoms with Crippen LogP contribution in [-0.4, -0.2) is 22.3 Å². The third-order valence-electron chi connectivity index (χ3n) is 2.62. The first kappa shape index (κ1) is 10.3. The molecule has 1 fully saturated rings. The van der Waals surface area contributed by atoms with Gasteiger partial charge in [0.2, 0.25) is 5.91 Å². The zero-order valence-electron chi connectivity index (χ0n) is 8.48. The average Bonchev–Trinajstić information content (AvgIpc) is 2.58. The summed E-state index contributed by atoms with van der Waals surface area (Å²) in [6.07, 6.45) is 2.23. The summed E-state index contributed by atoms with van der Waals surface area (Å²) in [6.45, 7) is 0.724. The molecular formula is C12H13NOS. The second kappa shape index (κ2) is 4.53. The van der Waals surface area contributed by atoms with Crippen molar-refractivity contribution in [2.24, 2.45) is 0 Å². The van der Waals surface area contributed by atoms with Crippen LogP contribution in [0, 0.1) is 0 Å². The van der Waals surface area contributed by atoms with Gasteiger partial charge in [-0.15, -0.1) is 0 Å². The third-order valence-corrected chi connectivity index (χ3v) is 3.05. The molecule has 0 radical (unpaired) electrons. The lowest BCUT2D eigenvalue weighted by Gasteiger charge is -2.15. The fraction of sp³-hybridized carbons (Fsp3) is 0.333. The number of thiocarbonyl (C=S) groups is 1. The van der Waals surface area contributed by atoms with E-state index >= 15 is 0 Å². The standard InChI is InChI=1S/C12H13NOS/c14-11-6-7-12(15)13(11)9-8-10-4-2-1-3-5-10/h1-5H,6-9H2. The molecule has 0 bridgehead atoms. The lowest BCUT2D eigenvalue weighted by Crippen LogP contribution is -2.30. The van der Waals surface area contributed by atoms with E-state index in [1.165, 1.54) is 5.56 Å². The van der Waals surface area contributed by atoms with Crippen LogP contribution >= 0.6 is 12.2 Å². The van der Waals surface area contributed by atoms with Gasteiger partial charge in [0.05, 0.1) is 4.99 Å². The van der Waals surface area contributed by atoms with Gasteiger partial charge in [0, 0.05) is 19.4 Å². The van der Waals surface area contributed by atoms with Crippen LogP contribution in [0.1, 0.15) is 18.4 Å². The van der Waals surface area contributed by atoms with Gasteiger partial charge in [-0.05, 0) is 12.0 Å². The summed E-state index contributed by atoms with van der Waals surface area (Å²) in [7, 11) is 0. The molecule has 1 aromatic rings. The second-order valence-corrected chi connectivity index (χ2v) is 4.15. The van der Waals surface area contributed by atoms with E-state index in [9.17, 15) is 4.79 Å². The van der Waals surface area contributed by atoms with Crippen LogP contribution in [0.3, 0.4) is 0 Å². The van der Waals surface area contributed by atoms with E-state index in [1.807, 2.05) is 18.2 Å². The molecule has 0 saturated carbocycles. The number of carbonyl (C=O) groups is 1. The molecule has 78 valence electrons. The highest BCUT2D eigenvalue weighted by Crippen LogP contribution is 2.14. The van der Waals surface area contributed by atoms with Crippen molar-refractivity contribution in [1.82, 2.24) is 4.90 Å². The van der Waals surface area contributed by atoms with Crippen molar-refractivity contribution in [1.29, 1.82) is 0 Å². The maximum Gasteiger partial charge on any atom is 0.227 e. The molecule has 0 unspecified atom stereocenters. The van der Waals surface area contributed by atoms with E-state index in [1.54, 1.807) is 4.90 Å². The Labute approximate surface area is 94.9 Å². The summed E-state index contributed by atoms with van der Waals surface area (Å²) in [5, 5.41) is 0. The molecule has 3 heteroatoms. The van der Waals surface area contributed by atoms with Crippen molar-refractivity contribution in [2.45, 2.75) is 19.3 Å². The van der Waals surface area contributed by atoms with Gasteiger partial charge in [-0.1, -0.05) is 42.5 Å². The van der Waals surface area contributed by atoms with Crippen LogP contribution in [0.25, 0.3) is 0 Å². The maximum absolute atomic E-state index is 11.4. The van der Waals surface area contributed by atoms with E-state index in [4.69, 9.17) is 12.2 Å². The predicted octanol–water partition coefficient (Wildman–Crippen LogP) is 2.18. The van der Waals surface area contributed by atoms with Gasteiger partial charge in [-0.2, -0.15) is 0 Å². The molecule has 1 aromatic carbocycles. The zero-order valence-corrected chi connectivity index (χ0v) is 9.30. The van der Waals surface area contributed by atoms with Gasteiger partial charge < -0.3 is 4.90 Å². The molecule has 1 amide bonds. The van der Waals surface area contributed by atoms with Crippen molar-refractivity contribution in [2.75, 3.05) is 6.54 Å². The first-order valence-corrected chi connectivity index (χ1v) is 5.55. The topological polar surface area (TPSA) is 20.3 Å². The van der Waals surface area contributed by atoms with Crippen molar-refractivity contribution in [3.05, 3.63) is 35.9 Å². The molecule has 1 heterocycles. The monoisotopic (exact) mass is 219 g/mol. The number of hydrogen-bond donors (Lipinski definition) is 0. The number of carbonyl (C=O) groups excluding carboxylic acids is 1. The summed E-state index contributed by atoms with van der Waals surface area (Å²) < 4.78 is 0. The van der Waals surface area contributed by atoms with Gasteiger partial charge >= 0.3 is 0 Å². The summed E-state index contributed by atoms with van der Waals surface area (Å²) >= 11 is 5.14. The predicted molar refractivity (Wildman–Crippen MR) is 63.7 cm³/mol. The lowest BCUT2D eigenvalue weighted by atomic mass is 10.1. The molecule has 0 N–H and O–H groups in total. The number of hydrogen-bond acceptors (Lipinski definition) is 2. The van der Waals surface area contributed by atoms with Gasteiger partial charge in [-0.25, -0.2) is 0 Å². The van der Waals surface area contributed by atoms with Crippen LogP contribution in [0.4, 0.5) is 0 Å². The van der Waals surface area contributed by atoms with E-state index in [0.29, 0.717) is 6.42 Å². The molecule has 2 rings (SSSR count). The van der Waals surface area contributed by atoms with Crippen molar-refractivity contribution in [3.63, 3.8) is 0 Å². The van der Waals surface area contributed by atoms with Crippen LogP contribution in [0.2, 0.25) is 0 Å². The Hall–Kier alpha value is -1.22. The fourth-order valence-electron chi connectivity index (χ4n) is 1.76. The molecule has 1 saturated heterocycles. The Kier molecular flexibility index (Phi) is 3.11. The van der Waals surface area contributed by atoms with Crippen molar-refractivity contribution in [3.8, 4) is 0 Å². The highest BCUT2D eigenvalue weighted by Gasteiger charge is 2.24. The quantitative estimate of drug-likeness (QED) is 0.726. The van der Waals surface area contributed by atoms with Gasteiger partial charge in [0.15, 0.2) is 0 Å². The molecule has 2 nitrogen and oxygen atoms in total. The van der Waals surface area contributed by atoms with Crippen LogP contribution in [0.15, 0.2) is 30.3 Å². The van der Waals surface area contributed by atoms with Crippen LogP contribution < -0.4 is 0 Å². The summed E-state index contributed by atoms with van der Waals surface area (Å²) in [6, 6.07) is 10.2. The minimum atomic E-state index is 0.177. The molecule has 0 aromatic heterocycles. The first-order chi connectivity index (χ1) is 7.27. The summed E-state index contributed by atoms with van der Waals surface area (Å²) in [5.74, 6) is 0.177. The number of nitrogens with zero attached hydrogens (tertiary/aromatic N) is 1. The molecule has 1 aliphatic heterocycles.